The molecule has 5 heavy (non-hydrogen) atoms. The van der Waals surface area contributed by atoms with Gasteiger partial charge < -0.3 is 4.84 Å². The third-order valence-electron chi connectivity index (χ3n) is 0.207. The highest BCUT2D eigenvalue weighted by atomic mass is 32.2. The molecule has 1 heterocycles. The molecule has 0 saturated carbocycles. The van der Waals surface area contributed by atoms with Crippen molar-refractivity contribution in [1.29, 1.82) is 0 Å². The van der Waals surface area contributed by atoms with Gasteiger partial charge in [-0.2, -0.15) is 4.40 Å². The van der Waals surface area contributed by atoms with Crippen molar-refractivity contribution in [2.75, 3.05) is 0 Å². The van der Waals surface area contributed by atoms with E-state index in [9.17, 15) is 0 Å². The van der Waals surface area contributed by atoms with Gasteiger partial charge in [0.2, 0.25) is 0 Å². The van der Waals surface area contributed by atoms with Crippen LogP contribution in [0.1, 0.15) is 0 Å². The Morgan fingerprint density at radius 2 is 3.00 bits per heavy atom. The van der Waals surface area contributed by atoms with Crippen molar-refractivity contribution < 1.29 is 4.84 Å². The summed E-state index contributed by atoms with van der Waals surface area (Å²) in [5, 5.41) is 0. The van der Waals surface area contributed by atoms with E-state index in [2.05, 4.69) is 20.5 Å². The molecule has 1 aliphatic heterocycles. The minimum absolute atomic E-state index is 1.12. The number of nitrogens with one attached hydrogen (secondary N) is 1. The lowest BCUT2D eigenvalue weighted by Gasteiger charge is -1.76. The molecule has 0 atom stereocenters. The van der Waals surface area contributed by atoms with E-state index in [0.29, 0.717) is 0 Å². The van der Waals surface area contributed by atoms with Crippen molar-refractivity contribution in [2.24, 2.45) is 4.40 Å². The molecular weight excluding hydrogens is 88.1 g/mol. The summed E-state index contributed by atoms with van der Waals surface area (Å²) in [4.78, 5) is 6.60. The van der Waals surface area contributed by atoms with Gasteiger partial charge in [0, 0.05) is 0 Å². The van der Waals surface area contributed by atoms with Crippen LogP contribution in [0, 0.1) is 0 Å². The number of nitrogens with zero attached hydrogens (tertiary/aromatic N) is 1. The van der Waals surface area contributed by atoms with Crippen LogP contribution >= 0.6 is 12.1 Å². The zero-order valence-electron chi connectivity index (χ0n) is 2.26. The first kappa shape index (κ1) is 2.99. The number of hydrogen-bond acceptors (Lipinski definition) is 4. The number of hydrogen-bond donors (Lipinski definition) is 1. The first-order valence-corrected chi connectivity index (χ1v) is 1.79. The summed E-state index contributed by atoms with van der Waals surface area (Å²) in [5.41, 5.74) is 0. The predicted octanol–water partition coefficient (Wildman–Crippen LogP) is -0.0103. The van der Waals surface area contributed by atoms with E-state index in [1.54, 1.807) is 0 Å². The maximum atomic E-state index is 4.24. The lowest BCUT2D eigenvalue weighted by molar-refractivity contribution is 0.296. The van der Waals surface area contributed by atoms with E-state index >= 15 is 0 Å². The van der Waals surface area contributed by atoms with Crippen molar-refractivity contribution in [3.05, 3.63) is 0 Å². The Bertz CT molecular complexity index is 47.6. The Balaban J connectivity index is 2.32. The van der Waals surface area contributed by atoms with E-state index in [-0.39, 0.29) is 0 Å². The highest BCUT2D eigenvalue weighted by Gasteiger charge is 1.86. The minimum atomic E-state index is 1.12. The molecule has 0 aromatic rings. The average molecular weight is 89.1 g/mol. The van der Waals surface area contributed by atoms with Gasteiger partial charge in [-0.05, 0) is 0 Å². The summed E-state index contributed by atoms with van der Waals surface area (Å²) in [5.74, 6) is 0. The minimum Gasteiger partial charge on any atom is -0.369 e. The molecule has 27 valence electrons. The smallest absolute Gasteiger partial charge is 0.312 e. The Hall–Kier alpha value is -0.220. The van der Waals surface area contributed by atoms with E-state index in [1.807, 2.05) is 0 Å². The van der Waals surface area contributed by atoms with E-state index in [4.69, 9.17) is 0 Å². The van der Waals surface area contributed by atoms with Crippen LogP contribution in [-0.4, -0.2) is 6.40 Å². The van der Waals surface area contributed by atoms with Gasteiger partial charge in [-0.1, -0.05) is 4.89 Å². The number of rotatable bonds is 0. The zero-order chi connectivity index (χ0) is 3.54. The van der Waals surface area contributed by atoms with Gasteiger partial charge in [0.15, 0.2) is 0 Å². The van der Waals surface area contributed by atoms with Crippen molar-refractivity contribution in [1.82, 2.24) is 4.89 Å². The average Bonchev–Trinajstić information content (AvgIpc) is 1.76. The van der Waals surface area contributed by atoms with Crippen LogP contribution in [-0.2, 0) is 4.84 Å². The zero-order valence-corrected chi connectivity index (χ0v) is 3.08. The van der Waals surface area contributed by atoms with Gasteiger partial charge >= 0.3 is 6.40 Å². The molecule has 0 aromatic heterocycles. The predicted molar refractivity (Wildman–Crippen MR) is 19.2 cm³/mol. The van der Waals surface area contributed by atoms with Crippen LogP contribution in [0.4, 0.5) is 0 Å². The maximum Gasteiger partial charge on any atom is 0.312 e. The van der Waals surface area contributed by atoms with Gasteiger partial charge in [-0.3, -0.25) is 0 Å². The lowest BCUT2D eigenvalue weighted by Crippen LogP contribution is -1.91. The fraction of sp³-hybridized carbons (Fsp3) is 0. The first-order valence-electron chi connectivity index (χ1n) is 1.02. The molecule has 3 nitrogen and oxygen atoms in total. The molecule has 0 bridgehead atoms. The van der Waals surface area contributed by atoms with Crippen LogP contribution in [0.5, 0.6) is 0 Å². The molecule has 0 spiro atoms. The molecule has 1 aliphatic rings. The normalized spacial score (nSPS) is 19.2. The molecule has 1 N–H and O–H groups in total. The van der Waals surface area contributed by atoms with Crippen LogP contribution in [0.3, 0.4) is 0 Å². The third-order valence-corrected chi connectivity index (χ3v) is 0.531. The molecule has 0 saturated heterocycles. The highest BCUT2D eigenvalue weighted by Crippen LogP contribution is 1.96. The van der Waals surface area contributed by atoms with Crippen molar-refractivity contribution in [3.63, 3.8) is 0 Å². The summed E-state index contributed by atoms with van der Waals surface area (Å²) in [6.45, 7) is 0. The largest absolute Gasteiger partial charge is 0.369 e. The van der Waals surface area contributed by atoms with Crippen LogP contribution in [0.2, 0.25) is 0 Å². The molecule has 1 radical (unpaired) electrons. The summed E-state index contributed by atoms with van der Waals surface area (Å²) in [7, 11) is 0. The summed E-state index contributed by atoms with van der Waals surface area (Å²) in [6.07, 6.45) is 2.20. The van der Waals surface area contributed by atoms with Crippen LogP contribution < -0.4 is 4.89 Å². The topological polar surface area (TPSA) is 33.6 Å². The summed E-state index contributed by atoms with van der Waals surface area (Å²) in [6, 6.07) is 0. The van der Waals surface area contributed by atoms with Gasteiger partial charge in [-0.25, -0.2) is 0 Å². The fourth-order valence-electron chi connectivity index (χ4n) is 0.0932. The monoisotopic (exact) mass is 89.0 g/mol. The van der Waals surface area contributed by atoms with Crippen molar-refractivity contribution >= 4 is 18.5 Å². The lowest BCUT2D eigenvalue weighted by atomic mass is 11.6. The Morgan fingerprint density at radius 1 is 2.00 bits per heavy atom. The SMILES string of the molecule is [C]1=NSNO1. The van der Waals surface area contributed by atoms with Crippen LogP contribution in [0.25, 0.3) is 0 Å². The molecule has 0 unspecified atom stereocenters. The standard InChI is InChI=1S/CHN2OS/c1-2-5-3-4-1/h3H. The Labute approximate surface area is 33.6 Å². The fourth-order valence-corrected chi connectivity index (χ4v) is 0.280. The van der Waals surface area contributed by atoms with Crippen LogP contribution in [0.15, 0.2) is 4.40 Å². The van der Waals surface area contributed by atoms with Crippen molar-refractivity contribution in [2.45, 2.75) is 0 Å². The molecule has 0 amide bonds. The van der Waals surface area contributed by atoms with E-state index < -0.39 is 0 Å². The van der Waals surface area contributed by atoms with Gasteiger partial charge in [0.05, 0.1) is 12.1 Å². The second kappa shape index (κ2) is 1.28. The molecule has 1 rings (SSSR count). The van der Waals surface area contributed by atoms with Gasteiger partial charge in [0.25, 0.3) is 0 Å². The molecule has 0 aromatic carbocycles. The summed E-state index contributed by atoms with van der Waals surface area (Å²) < 4.78 is 3.42. The molecular formula is CHN2OS. The molecule has 4 heteroatoms. The second-order valence-electron chi connectivity index (χ2n) is 0.459. The van der Waals surface area contributed by atoms with Gasteiger partial charge in [-0.15, -0.1) is 0 Å². The van der Waals surface area contributed by atoms with Crippen molar-refractivity contribution in [3.8, 4) is 0 Å². The second-order valence-corrected chi connectivity index (χ2v) is 0.991. The molecule has 0 fully saturated rings. The first-order chi connectivity index (χ1) is 2.50. The third kappa shape index (κ3) is 0.524. The summed E-state index contributed by atoms with van der Waals surface area (Å²) >= 11 is 1.12. The quantitative estimate of drug-likeness (QED) is 0.424. The Morgan fingerprint density at radius 3 is 3.20 bits per heavy atom. The molecule has 0 aliphatic carbocycles. The highest BCUT2D eigenvalue weighted by molar-refractivity contribution is 7.96. The Kier molecular flexibility index (Phi) is 0.764. The van der Waals surface area contributed by atoms with E-state index in [0.717, 1.165) is 12.1 Å². The van der Waals surface area contributed by atoms with Gasteiger partial charge in [0.1, 0.15) is 0 Å². The maximum absolute atomic E-state index is 4.24. The van der Waals surface area contributed by atoms with E-state index in [1.165, 1.54) is 0 Å².